The second-order valence-electron chi connectivity index (χ2n) is 4.39. The van der Waals surface area contributed by atoms with Crippen LogP contribution in [-0.4, -0.2) is 38.7 Å². The van der Waals surface area contributed by atoms with Crippen LogP contribution in [0.2, 0.25) is 0 Å². The molecule has 0 aliphatic carbocycles. The van der Waals surface area contributed by atoms with E-state index in [9.17, 15) is 14.7 Å². The summed E-state index contributed by atoms with van der Waals surface area (Å²) >= 11 is 1.14. The third kappa shape index (κ3) is 4.19. The van der Waals surface area contributed by atoms with Crippen LogP contribution in [0.25, 0.3) is 0 Å². The quantitative estimate of drug-likeness (QED) is 0.614. The molecule has 0 aromatic carbocycles. The van der Waals surface area contributed by atoms with Crippen LogP contribution in [0.15, 0.2) is 5.03 Å². The Balaban J connectivity index is 2.96. The number of hydrogen-bond acceptors (Lipinski definition) is 5. The van der Waals surface area contributed by atoms with Crippen LogP contribution in [0.5, 0.6) is 0 Å². The van der Waals surface area contributed by atoms with Crippen molar-refractivity contribution in [2.24, 2.45) is 0 Å². The van der Waals surface area contributed by atoms with E-state index in [0.717, 1.165) is 18.2 Å². The minimum Gasteiger partial charge on any atom is -0.478 e. The standard InChI is InChI=1S/C13H19N3O3S/c1-5-6-14-11(17)8(3)20-12-10(13(18)19)7(2)15-9(4)16-12/h8H,5-6H2,1-4H3,(H,14,17)(H,18,19). The topological polar surface area (TPSA) is 92.2 Å². The number of carboxylic acid groups (broad SMARTS) is 1. The summed E-state index contributed by atoms with van der Waals surface area (Å²) in [5.41, 5.74) is 0.476. The normalized spacial score (nSPS) is 12.0. The Bertz CT molecular complexity index is 520. The monoisotopic (exact) mass is 297 g/mol. The van der Waals surface area contributed by atoms with Crippen molar-refractivity contribution in [3.8, 4) is 0 Å². The summed E-state index contributed by atoms with van der Waals surface area (Å²) < 4.78 is 0. The summed E-state index contributed by atoms with van der Waals surface area (Å²) in [6.45, 7) is 7.64. The van der Waals surface area contributed by atoms with Gasteiger partial charge in [-0.3, -0.25) is 4.79 Å². The lowest BCUT2D eigenvalue weighted by molar-refractivity contribution is -0.120. The Hall–Kier alpha value is -1.63. The highest BCUT2D eigenvalue weighted by molar-refractivity contribution is 8.00. The summed E-state index contributed by atoms with van der Waals surface area (Å²) in [6.07, 6.45) is 0.856. The minimum absolute atomic E-state index is 0.0655. The molecule has 0 fully saturated rings. The van der Waals surface area contributed by atoms with Crippen LogP contribution in [0.3, 0.4) is 0 Å². The van der Waals surface area contributed by atoms with E-state index in [1.54, 1.807) is 20.8 Å². The number of hydrogen-bond donors (Lipinski definition) is 2. The van der Waals surface area contributed by atoms with Gasteiger partial charge in [0.05, 0.1) is 10.9 Å². The van der Waals surface area contributed by atoms with Crippen molar-refractivity contribution in [3.05, 3.63) is 17.1 Å². The maximum atomic E-state index is 11.8. The largest absolute Gasteiger partial charge is 0.478 e. The number of aryl methyl sites for hydroxylation is 2. The van der Waals surface area contributed by atoms with E-state index in [-0.39, 0.29) is 11.5 Å². The molecule has 0 spiro atoms. The fourth-order valence-electron chi connectivity index (χ4n) is 1.63. The van der Waals surface area contributed by atoms with Gasteiger partial charge in [0.15, 0.2) is 0 Å². The predicted octanol–water partition coefficient (Wildman–Crippen LogP) is 1.80. The van der Waals surface area contributed by atoms with Gasteiger partial charge in [0.2, 0.25) is 5.91 Å². The highest BCUT2D eigenvalue weighted by Crippen LogP contribution is 2.26. The molecule has 1 heterocycles. The Morgan fingerprint density at radius 3 is 2.55 bits per heavy atom. The summed E-state index contributed by atoms with van der Waals surface area (Å²) in [5.74, 6) is -0.704. The maximum Gasteiger partial charge on any atom is 0.340 e. The van der Waals surface area contributed by atoms with Crippen molar-refractivity contribution in [1.29, 1.82) is 0 Å². The van der Waals surface area contributed by atoms with Crippen molar-refractivity contribution in [2.45, 2.75) is 44.4 Å². The molecule has 110 valence electrons. The van der Waals surface area contributed by atoms with Gasteiger partial charge in [0.1, 0.15) is 16.4 Å². The van der Waals surface area contributed by atoms with Gasteiger partial charge in [-0.1, -0.05) is 18.7 Å². The molecule has 20 heavy (non-hydrogen) atoms. The number of carboxylic acids is 1. The molecule has 0 aliphatic rings. The van der Waals surface area contributed by atoms with Gasteiger partial charge in [-0.2, -0.15) is 0 Å². The number of carbonyl (C=O) groups is 2. The highest BCUT2D eigenvalue weighted by Gasteiger charge is 2.22. The lowest BCUT2D eigenvalue weighted by Gasteiger charge is -2.13. The first-order valence-corrected chi connectivity index (χ1v) is 7.27. The molecular formula is C13H19N3O3S. The number of nitrogens with zero attached hydrogens (tertiary/aromatic N) is 2. The average molecular weight is 297 g/mol. The van der Waals surface area contributed by atoms with E-state index in [1.165, 1.54) is 0 Å². The molecule has 0 bridgehead atoms. The Morgan fingerprint density at radius 2 is 2.00 bits per heavy atom. The lowest BCUT2D eigenvalue weighted by atomic mass is 10.2. The molecule has 0 saturated heterocycles. The lowest BCUT2D eigenvalue weighted by Crippen LogP contribution is -2.31. The van der Waals surface area contributed by atoms with Gasteiger partial charge in [-0.15, -0.1) is 0 Å². The third-order valence-electron chi connectivity index (χ3n) is 2.59. The second kappa shape index (κ2) is 7.23. The van der Waals surface area contributed by atoms with Crippen molar-refractivity contribution in [3.63, 3.8) is 0 Å². The van der Waals surface area contributed by atoms with Gasteiger partial charge < -0.3 is 10.4 Å². The second-order valence-corrected chi connectivity index (χ2v) is 5.72. The first-order valence-electron chi connectivity index (χ1n) is 6.39. The zero-order chi connectivity index (χ0) is 15.3. The van der Waals surface area contributed by atoms with Crippen LogP contribution in [-0.2, 0) is 4.79 Å². The fourth-order valence-corrected chi connectivity index (χ4v) is 2.69. The first kappa shape index (κ1) is 16.4. The van der Waals surface area contributed by atoms with Crippen molar-refractivity contribution in [1.82, 2.24) is 15.3 Å². The number of carbonyl (C=O) groups excluding carboxylic acids is 1. The molecule has 1 unspecified atom stereocenters. The molecule has 1 aromatic rings. The Morgan fingerprint density at radius 1 is 1.35 bits per heavy atom. The van der Waals surface area contributed by atoms with Crippen molar-refractivity contribution >= 4 is 23.6 Å². The summed E-state index contributed by atoms with van der Waals surface area (Å²) in [6, 6.07) is 0. The fraction of sp³-hybridized carbons (Fsp3) is 0.538. The average Bonchev–Trinajstić information content (AvgIpc) is 2.34. The first-order chi connectivity index (χ1) is 9.36. The Labute approximate surface area is 122 Å². The summed E-state index contributed by atoms with van der Waals surface area (Å²) in [7, 11) is 0. The van der Waals surface area contributed by atoms with Crippen LogP contribution >= 0.6 is 11.8 Å². The molecule has 1 amide bonds. The Kier molecular flexibility index (Phi) is 5.94. The van der Waals surface area contributed by atoms with E-state index in [1.807, 2.05) is 6.92 Å². The van der Waals surface area contributed by atoms with Gasteiger partial charge in [-0.25, -0.2) is 14.8 Å². The van der Waals surface area contributed by atoms with Crippen LogP contribution in [0, 0.1) is 13.8 Å². The van der Waals surface area contributed by atoms with Gasteiger partial charge in [0.25, 0.3) is 0 Å². The summed E-state index contributed by atoms with van der Waals surface area (Å²) in [4.78, 5) is 31.3. The molecule has 1 atom stereocenters. The number of aromatic nitrogens is 2. The highest BCUT2D eigenvalue weighted by atomic mass is 32.2. The molecule has 1 aromatic heterocycles. The van der Waals surface area contributed by atoms with Crippen LogP contribution in [0.4, 0.5) is 0 Å². The minimum atomic E-state index is -1.08. The molecular weight excluding hydrogens is 278 g/mol. The smallest absolute Gasteiger partial charge is 0.340 e. The van der Waals surface area contributed by atoms with E-state index in [2.05, 4.69) is 15.3 Å². The van der Waals surface area contributed by atoms with Crippen molar-refractivity contribution in [2.75, 3.05) is 6.54 Å². The zero-order valence-electron chi connectivity index (χ0n) is 12.1. The zero-order valence-corrected chi connectivity index (χ0v) is 12.9. The SMILES string of the molecule is CCCNC(=O)C(C)Sc1nc(C)nc(C)c1C(=O)O. The molecule has 6 nitrogen and oxygen atoms in total. The predicted molar refractivity (Wildman–Crippen MR) is 77.1 cm³/mol. The summed E-state index contributed by atoms with van der Waals surface area (Å²) in [5, 5.41) is 11.9. The van der Waals surface area contributed by atoms with Crippen LogP contribution < -0.4 is 5.32 Å². The van der Waals surface area contributed by atoms with E-state index < -0.39 is 11.2 Å². The van der Waals surface area contributed by atoms with E-state index in [4.69, 9.17) is 0 Å². The van der Waals surface area contributed by atoms with Crippen LogP contribution in [0.1, 0.15) is 42.1 Å². The van der Waals surface area contributed by atoms with E-state index >= 15 is 0 Å². The molecule has 0 aliphatic heterocycles. The number of aromatic carboxylic acids is 1. The molecule has 0 radical (unpaired) electrons. The number of thioether (sulfide) groups is 1. The molecule has 2 N–H and O–H groups in total. The van der Waals surface area contributed by atoms with Gasteiger partial charge in [-0.05, 0) is 27.2 Å². The molecule has 0 saturated carbocycles. The number of amides is 1. The number of nitrogens with one attached hydrogen (secondary N) is 1. The molecule has 1 rings (SSSR count). The van der Waals surface area contributed by atoms with E-state index in [0.29, 0.717) is 23.1 Å². The number of rotatable bonds is 6. The van der Waals surface area contributed by atoms with Crippen molar-refractivity contribution < 1.29 is 14.7 Å². The maximum absolute atomic E-state index is 11.8. The van der Waals surface area contributed by atoms with Gasteiger partial charge >= 0.3 is 5.97 Å². The van der Waals surface area contributed by atoms with Gasteiger partial charge in [0, 0.05) is 6.54 Å². The molecule has 7 heteroatoms. The third-order valence-corrected chi connectivity index (χ3v) is 3.68.